The van der Waals surface area contributed by atoms with Gasteiger partial charge in [0.15, 0.2) is 5.78 Å². The maximum atomic E-state index is 13.6. The molecule has 4 rings (SSSR count). The summed E-state index contributed by atoms with van der Waals surface area (Å²) in [6.07, 6.45) is 1.89. The van der Waals surface area contributed by atoms with Gasteiger partial charge in [-0.05, 0) is 65.1 Å². The zero-order valence-corrected chi connectivity index (χ0v) is 29.3. The average molecular weight is 783 g/mol. The number of fused-ring (bicyclic) bond motifs is 3. The van der Waals surface area contributed by atoms with Crippen molar-refractivity contribution in [2.75, 3.05) is 0 Å². The van der Waals surface area contributed by atoms with Crippen LogP contribution in [-0.2, 0) is 31.1 Å². The number of pyridine rings is 1. The number of aliphatic hydroxyl groups is 1. The van der Waals surface area contributed by atoms with Crippen LogP contribution in [0.4, 0.5) is 13.2 Å². The summed E-state index contributed by atoms with van der Waals surface area (Å²) in [4.78, 5) is 16.7. The van der Waals surface area contributed by atoms with E-state index < -0.39 is 11.7 Å². The molecule has 0 amide bonds. The normalized spacial score (nSPS) is 12.5. The van der Waals surface area contributed by atoms with E-state index in [1.807, 2.05) is 67.5 Å². The van der Waals surface area contributed by atoms with Crippen LogP contribution >= 0.6 is 0 Å². The van der Waals surface area contributed by atoms with Gasteiger partial charge in [0.2, 0.25) is 0 Å². The van der Waals surface area contributed by atoms with Gasteiger partial charge in [-0.1, -0.05) is 79.7 Å². The Kier molecular flexibility index (Phi) is 12.5. The first kappa shape index (κ1) is 37.2. The van der Waals surface area contributed by atoms with Gasteiger partial charge in [-0.3, -0.25) is 4.79 Å². The van der Waals surface area contributed by atoms with Gasteiger partial charge < -0.3 is 10.1 Å². The van der Waals surface area contributed by atoms with Crippen molar-refractivity contribution in [2.24, 2.45) is 10.8 Å². The Morgan fingerprint density at radius 1 is 0.886 bits per heavy atom. The van der Waals surface area contributed by atoms with Crippen molar-refractivity contribution in [3.8, 4) is 11.3 Å². The smallest absolute Gasteiger partial charge is 0.417 e. The first-order valence-corrected chi connectivity index (χ1v) is 15.0. The van der Waals surface area contributed by atoms with E-state index in [4.69, 9.17) is 0 Å². The summed E-state index contributed by atoms with van der Waals surface area (Å²) >= 11 is 0. The molecule has 0 unspecified atom stereocenters. The van der Waals surface area contributed by atoms with Gasteiger partial charge in [0, 0.05) is 43.2 Å². The standard InChI is InChI=1S/C22H15F3N.C15H28O2.Ir/c1-13-9-14(2)11-16(10-13)21-20-15(7-8-26-21)12-19(22(23,24)25)17-5-3-4-6-18(17)20;1-7-14(5,8-2)12(16)11-13(17)15(6,9-3)10-4;/h3-10,12H,1-2H3;11,16H,7-10H2,1-6H3;/q-1;;/b;12-11-;. The molecule has 0 spiro atoms. The van der Waals surface area contributed by atoms with Gasteiger partial charge in [-0.15, -0.1) is 34.9 Å². The Hall–Kier alpha value is -3.02. The maximum absolute atomic E-state index is 13.6. The van der Waals surface area contributed by atoms with Gasteiger partial charge >= 0.3 is 6.18 Å². The van der Waals surface area contributed by atoms with Crippen LogP contribution in [0.2, 0.25) is 0 Å². The first-order valence-electron chi connectivity index (χ1n) is 15.0. The fraction of sp³-hybridized carbons (Fsp3) is 0.405. The van der Waals surface area contributed by atoms with E-state index in [0.29, 0.717) is 16.5 Å². The number of carbonyl (C=O) groups is 1. The summed E-state index contributed by atoms with van der Waals surface area (Å²) in [5.41, 5.74) is 2.25. The molecule has 1 heterocycles. The van der Waals surface area contributed by atoms with Crippen molar-refractivity contribution >= 4 is 27.3 Å². The molecule has 4 aromatic rings. The predicted molar refractivity (Wildman–Crippen MR) is 171 cm³/mol. The van der Waals surface area contributed by atoms with E-state index >= 15 is 0 Å². The van der Waals surface area contributed by atoms with Gasteiger partial charge in [0.1, 0.15) is 5.76 Å². The Bertz CT molecular complexity index is 1610. The van der Waals surface area contributed by atoms with Crippen LogP contribution in [0.5, 0.6) is 0 Å². The molecule has 0 aliphatic heterocycles. The second kappa shape index (κ2) is 14.8. The van der Waals surface area contributed by atoms with Crippen LogP contribution in [-0.4, -0.2) is 15.9 Å². The SMILES string of the molecule is CCC(C)(CC)C(=O)/C=C(\O)C(C)(CC)CC.Cc1[c-]c(-c2nccc3cc(C(F)(F)F)c4ccccc4c23)cc(C)c1.[Ir]. The second-order valence-electron chi connectivity index (χ2n) is 11.9. The minimum atomic E-state index is -4.41. The Morgan fingerprint density at radius 3 is 1.98 bits per heavy atom. The Morgan fingerprint density at radius 2 is 1.45 bits per heavy atom. The quantitative estimate of drug-likeness (QED) is 0.0838. The second-order valence-corrected chi connectivity index (χ2v) is 11.9. The van der Waals surface area contributed by atoms with Crippen molar-refractivity contribution in [2.45, 2.75) is 87.2 Å². The molecule has 44 heavy (non-hydrogen) atoms. The third kappa shape index (κ3) is 7.97. The molecule has 239 valence electrons. The zero-order valence-electron chi connectivity index (χ0n) is 26.9. The number of hydrogen-bond donors (Lipinski definition) is 1. The van der Waals surface area contributed by atoms with Crippen LogP contribution in [0.1, 0.15) is 83.9 Å². The van der Waals surface area contributed by atoms with Crippen molar-refractivity contribution in [3.05, 3.63) is 89.3 Å². The number of hydrogen-bond acceptors (Lipinski definition) is 3. The largest absolute Gasteiger partial charge is 0.512 e. The van der Waals surface area contributed by atoms with Crippen LogP contribution < -0.4 is 0 Å². The molecule has 3 nitrogen and oxygen atoms in total. The topological polar surface area (TPSA) is 50.2 Å². The van der Waals surface area contributed by atoms with E-state index in [2.05, 4.69) is 11.1 Å². The summed E-state index contributed by atoms with van der Waals surface area (Å²) in [7, 11) is 0. The summed E-state index contributed by atoms with van der Waals surface area (Å²) in [6, 6.07) is 16.7. The molecule has 0 bridgehead atoms. The van der Waals surface area contributed by atoms with Crippen molar-refractivity contribution in [1.29, 1.82) is 0 Å². The zero-order chi connectivity index (χ0) is 32.2. The van der Waals surface area contributed by atoms with Crippen molar-refractivity contribution < 1.29 is 43.2 Å². The fourth-order valence-electron chi connectivity index (χ4n) is 5.19. The van der Waals surface area contributed by atoms with Crippen molar-refractivity contribution in [1.82, 2.24) is 4.98 Å². The van der Waals surface area contributed by atoms with Gasteiger partial charge in [0.05, 0.1) is 5.56 Å². The molecule has 0 atom stereocenters. The molecule has 1 radical (unpaired) electrons. The summed E-state index contributed by atoms with van der Waals surface area (Å²) < 4.78 is 40.7. The monoisotopic (exact) mass is 783 g/mol. The molecule has 0 saturated carbocycles. The van der Waals surface area contributed by atoms with E-state index in [1.54, 1.807) is 30.5 Å². The number of aryl methyl sites for hydroxylation is 2. The fourth-order valence-corrected chi connectivity index (χ4v) is 5.19. The number of halogens is 3. The Balaban J connectivity index is 0.000000331. The molecule has 0 aliphatic rings. The summed E-state index contributed by atoms with van der Waals surface area (Å²) in [5.74, 6) is 0.286. The van der Waals surface area contributed by atoms with E-state index in [0.717, 1.165) is 47.8 Å². The molecule has 0 aliphatic carbocycles. The van der Waals surface area contributed by atoms with E-state index in [1.165, 1.54) is 18.2 Å². The van der Waals surface area contributed by atoms with Gasteiger partial charge in [0.25, 0.3) is 0 Å². The molecule has 0 fully saturated rings. The average Bonchev–Trinajstić information content (AvgIpc) is 2.98. The number of ketones is 1. The number of nitrogens with zero attached hydrogens (tertiary/aromatic N) is 1. The molecular formula is C37H43F3IrNO2-. The van der Waals surface area contributed by atoms with Crippen LogP contribution in [0.15, 0.2) is 66.6 Å². The van der Waals surface area contributed by atoms with Crippen LogP contribution in [0.3, 0.4) is 0 Å². The number of benzene rings is 3. The van der Waals surface area contributed by atoms with E-state index in [-0.39, 0.29) is 47.9 Å². The number of rotatable bonds is 8. The molecule has 7 heteroatoms. The number of alkyl halides is 3. The minimum Gasteiger partial charge on any atom is -0.512 e. The summed E-state index contributed by atoms with van der Waals surface area (Å²) in [6.45, 7) is 16.0. The third-order valence-electron chi connectivity index (χ3n) is 9.08. The number of carbonyl (C=O) groups excluding carboxylic acids is 1. The molecule has 1 aromatic heterocycles. The molecule has 3 aromatic carbocycles. The summed E-state index contributed by atoms with van der Waals surface area (Å²) in [5, 5.41) is 12.1. The minimum absolute atomic E-state index is 0. The number of aromatic nitrogens is 1. The molecule has 0 saturated heterocycles. The van der Waals surface area contributed by atoms with Gasteiger partial charge in [-0.25, -0.2) is 0 Å². The number of aliphatic hydroxyl groups excluding tert-OH is 1. The first-order chi connectivity index (χ1) is 20.1. The Labute approximate surface area is 273 Å². The predicted octanol–water partition coefficient (Wildman–Crippen LogP) is 11.1. The van der Waals surface area contributed by atoms with Crippen LogP contribution in [0.25, 0.3) is 32.8 Å². The van der Waals surface area contributed by atoms with Gasteiger partial charge in [-0.2, -0.15) is 13.2 Å². The van der Waals surface area contributed by atoms with Crippen molar-refractivity contribution in [3.63, 3.8) is 0 Å². The maximum Gasteiger partial charge on any atom is 0.417 e. The van der Waals surface area contributed by atoms with E-state index in [9.17, 15) is 23.1 Å². The molecular weight excluding hydrogens is 740 g/mol. The molecule has 1 N–H and O–H groups in total. The third-order valence-corrected chi connectivity index (χ3v) is 9.08. The number of allylic oxidation sites excluding steroid dienone is 2. The van der Waals surface area contributed by atoms with Crippen LogP contribution in [0, 0.1) is 30.7 Å².